The number of halogens is 6. The van der Waals surface area contributed by atoms with Crippen LogP contribution < -0.4 is 11.5 Å². The second kappa shape index (κ2) is 14.0. The van der Waals surface area contributed by atoms with E-state index >= 15 is 0 Å². The van der Waals surface area contributed by atoms with Gasteiger partial charge in [0.2, 0.25) is 0 Å². The van der Waals surface area contributed by atoms with E-state index in [9.17, 15) is 26.3 Å². The maximum absolute atomic E-state index is 14.4. The zero-order valence-electron chi connectivity index (χ0n) is 28.1. The van der Waals surface area contributed by atoms with E-state index < -0.39 is 53.6 Å². The molecule has 2 fully saturated rings. The zero-order chi connectivity index (χ0) is 36.0. The molecule has 6 atom stereocenters. The maximum atomic E-state index is 14.4. The molecule has 0 spiro atoms. The van der Waals surface area contributed by atoms with Gasteiger partial charge in [-0.1, -0.05) is 97.1 Å². The highest BCUT2D eigenvalue weighted by Gasteiger charge is 2.51. The fraction of sp³-hybridized carbons (Fsp3) is 0.415. The summed E-state index contributed by atoms with van der Waals surface area (Å²) in [4.78, 5) is 0. The van der Waals surface area contributed by atoms with Gasteiger partial charge in [0, 0.05) is 0 Å². The van der Waals surface area contributed by atoms with Crippen molar-refractivity contribution in [3.8, 4) is 11.1 Å². The van der Waals surface area contributed by atoms with E-state index in [4.69, 9.17) is 20.9 Å². The van der Waals surface area contributed by atoms with E-state index in [1.165, 1.54) is 0 Å². The molecule has 0 heterocycles. The molecule has 0 radical (unpaired) electrons. The first kappa shape index (κ1) is 35.7. The van der Waals surface area contributed by atoms with E-state index in [0.717, 1.165) is 33.4 Å². The van der Waals surface area contributed by atoms with Crippen molar-refractivity contribution >= 4 is 0 Å². The van der Waals surface area contributed by atoms with Crippen LogP contribution in [-0.2, 0) is 14.9 Å². The monoisotopic (exact) mass is 708 g/mol. The quantitative estimate of drug-likeness (QED) is 0.125. The fourth-order valence-electron chi connectivity index (χ4n) is 9.34. The normalized spacial score (nSPS) is 26.0. The Kier molecular flexibility index (Phi) is 9.82. The number of fused-ring (bicyclic) bond motifs is 3. The number of nitrogens with two attached hydrogens (primary N) is 2. The summed E-state index contributed by atoms with van der Waals surface area (Å²) >= 11 is 0. The predicted molar refractivity (Wildman–Crippen MR) is 184 cm³/mol. The minimum atomic E-state index is -4.39. The molecule has 4 aromatic carbocycles. The SMILES string of the molecule is NCOC1CCC(c2ccc(C3(c4ccc(C5CCC(OCN)CC5C(F)(F)F)cc4)c4ccccc4-c4ccccc43)cc2)C(C(F)(F)F)C1. The van der Waals surface area contributed by atoms with Gasteiger partial charge in [-0.25, -0.2) is 0 Å². The van der Waals surface area contributed by atoms with Crippen molar-refractivity contribution in [3.63, 3.8) is 0 Å². The molecule has 4 N–H and O–H groups in total. The van der Waals surface area contributed by atoms with E-state index in [0.29, 0.717) is 36.8 Å². The number of alkyl halides is 6. The Balaban J connectivity index is 1.31. The summed E-state index contributed by atoms with van der Waals surface area (Å²) in [5.41, 5.74) is 17.2. The summed E-state index contributed by atoms with van der Waals surface area (Å²) in [5.74, 6) is -4.55. The third kappa shape index (κ3) is 6.49. The van der Waals surface area contributed by atoms with Crippen LogP contribution in [0.3, 0.4) is 0 Å². The summed E-state index contributed by atoms with van der Waals surface area (Å²) in [6, 6.07) is 31.1. The lowest BCUT2D eigenvalue weighted by Gasteiger charge is -2.38. The van der Waals surface area contributed by atoms with Crippen LogP contribution in [0.5, 0.6) is 0 Å². The van der Waals surface area contributed by atoms with Gasteiger partial charge in [0.25, 0.3) is 0 Å². The second-order valence-corrected chi connectivity index (χ2v) is 14.1. The molecule has 51 heavy (non-hydrogen) atoms. The highest BCUT2D eigenvalue weighted by atomic mass is 19.4. The van der Waals surface area contributed by atoms with Crippen LogP contribution in [0.2, 0.25) is 0 Å². The second-order valence-electron chi connectivity index (χ2n) is 14.1. The van der Waals surface area contributed by atoms with Crippen LogP contribution in [0, 0.1) is 11.8 Å². The lowest BCUT2D eigenvalue weighted by atomic mass is 9.66. The molecule has 4 aromatic rings. The zero-order valence-corrected chi connectivity index (χ0v) is 28.1. The number of rotatable bonds is 8. The van der Waals surface area contributed by atoms with E-state index in [2.05, 4.69) is 24.3 Å². The Hall–Kier alpha value is -3.70. The largest absolute Gasteiger partial charge is 0.392 e. The van der Waals surface area contributed by atoms with Crippen LogP contribution in [0.4, 0.5) is 26.3 Å². The molecule has 0 aliphatic heterocycles. The molecular weight excluding hydrogens is 666 g/mol. The van der Waals surface area contributed by atoms with Gasteiger partial charge in [-0.2, -0.15) is 26.3 Å². The van der Waals surface area contributed by atoms with Gasteiger partial charge in [0.1, 0.15) is 0 Å². The molecule has 3 aliphatic carbocycles. The van der Waals surface area contributed by atoms with E-state index in [-0.39, 0.29) is 26.3 Å². The molecule has 10 heteroatoms. The Bertz CT molecular complexity index is 1670. The number of hydrogen-bond donors (Lipinski definition) is 2. The third-order valence-corrected chi connectivity index (χ3v) is 11.6. The summed E-state index contributed by atoms with van der Waals surface area (Å²) in [6.45, 7) is -0.233. The molecule has 0 saturated heterocycles. The molecule has 6 unspecified atom stereocenters. The van der Waals surface area contributed by atoms with E-state index in [1.54, 1.807) is 0 Å². The van der Waals surface area contributed by atoms with Gasteiger partial charge in [-0.05, 0) is 94.9 Å². The van der Waals surface area contributed by atoms with E-state index in [1.807, 2.05) is 72.8 Å². The van der Waals surface area contributed by atoms with Gasteiger partial charge < -0.3 is 20.9 Å². The van der Waals surface area contributed by atoms with Crippen LogP contribution in [0.1, 0.15) is 83.7 Å². The highest BCUT2D eigenvalue weighted by molar-refractivity contribution is 5.86. The standard InChI is InChI=1S/C41H42F6N2O2/c42-40(43,44)37-21-29(50-23-48)17-19-31(37)25-9-13-27(14-10-25)39(35-7-3-1-5-33(35)34-6-2-4-8-36(34)39)28-15-11-26(12-16-28)32-20-18-30(51-24-49)22-38(32)41(45,46)47/h1-16,29-32,37-38H,17-24,48-49H2. The molecule has 2 saturated carbocycles. The van der Waals surface area contributed by atoms with Crippen LogP contribution in [0.15, 0.2) is 97.1 Å². The molecular formula is C41H42F6N2O2. The molecule has 0 amide bonds. The van der Waals surface area contributed by atoms with Crippen molar-refractivity contribution in [3.05, 3.63) is 130 Å². The van der Waals surface area contributed by atoms with Crippen molar-refractivity contribution in [1.29, 1.82) is 0 Å². The van der Waals surface area contributed by atoms with Gasteiger partial charge in [0.05, 0.1) is 42.9 Å². The van der Waals surface area contributed by atoms with Gasteiger partial charge in [-0.15, -0.1) is 0 Å². The first-order valence-electron chi connectivity index (χ1n) is 17.6. The van der Waals surface area contributed by atoms with Crippen molar-refractivity contribution in [2.45, 2.75) is 80.3 Å². The van der Waals surface area contributed by atoms with Crippen molar-refractivity contribution in [1.82, 2.24) is 0 Å². The van der Waals surface area contributed by atoms with Crippen LogP contribution in [-0.4, -0.2) is 38.0 Å². The molecule has 0 bridgehead atoms. The molecule has 4 nitrogen and oxygen atoms in total. The van der Waals surface area contributed by atoms with Crippen molar-refractivity contribution in [2.75, 3.05) is 13.5 Å². The molecule has 7 rings (SSSR count). The van der Waals surface area contributed by atoms with Crippen molar-refractivity contribution < 1.29 is 35.8 Å². The average Bonchev–Trinajstić information content (AvgIpc) is 3.42. The number of benzene rings is 4. The minimum absolute atomic E-state index is 0.117. The average molecular weight is 709 g/mol. The van der Waals surface area contributed by atoms with Gasteiger partial charge >= 0.3 is 12.4 Å². The Morgan fingerprint density at radius 2 is 0.902 bits per heavy atom. The lowest BCUT2D eigenvalue weighted by Crippen LogP contribution is -2.38. The molecule has 0 aromatic heterocycles. The Morgan fingerprint density at radius 1 is 0.529 bits per heavy atom. The predicted octanol–water partition coefficient (Wildman–Crippen LogP) is 9.54. The summed E-state index contributed by atoms with van der Waals surface area (Å²) in [5, 5.41) is 0. The van der Waals surface area contributed by atoms with Crippen molar-refractivity contribution in [2.24, 2.45) is 23.3 Å². The van der Waals surface area contributed by atoms with Gasteiger partial charge in [-0.3, -0.25) is 0 Å². The summed E-state index contributed by atoms with van der Waals surface area (Å²) in [7, 11) is 0. The van der Waals surface area contributed by atoms with Crippen LogP contribution in [0.25, 0.3) is 11.1 Å². The Labute approximate surface area is 294 Å². The first-order chi connectivity index (χ1) is 24.5. The summed E-state index contributed by atoms with van der Waals surface area (Å²) < 4.78 is 97.1. The topological polar surface area (TPSA) is 70.5 Å². The minimum Gasteiger partial charge on any atom is -0.363 e. The molecule has 3 aliphatic rings. The summed E-state index contributed by atoms with van der Waals surface area (Å²) in [6.07, 6.45) is -8.50. The Morgan fingerprint density at radius 3 is 1.25 bits per heavy atom. The lowest BCUT2D eigenvalue weighted by molar-refractivity contribution is -0.198. The highest BCUT2D eigenvalue weighted by Crippen LogP contribution is 2.57. The first-order valence-corrected chi connectivity index (χ1v) is 17.6. The fourth-order valence-corrected chi connectivity index (χ4v) is 9.34. The number of ether oxygens (including phenoxy) is 2. The van der Waals surface area contributed by atoms with Gasteiger partial charge in [0.15, 0.2) is 0 Å². The third-order valence-electron chi connectivity index (χ3n) is 11.6. The molecule has 270 valence electrons. The van der Waals surface area contributed by atoms with Crippen LogP contribution >= 0.6 is 0 Å². The maximum Gasteiger partial charge on any atom is 0.392 e. The number of hydrogen-bond acceptors (Lipinski definition) is 4. The smallest absolute Gasteiger partial charge is 0.363 e.